The average Bonchev–Trinajstić information content (AvgIpc) is 2.75. The normalized spacial score (nSPS) is 27.6. The van der Waals surface area contributed by atoms with Gasteiger partial charge >= 0.3 is 5.97 Å². The first-order chi connectivity index (χ1) is 14.6. The zero-order chi connectivity index (χ0) is 22.8. The Kier molecular flexibility index (Phi) is 6.36. The highest BCUT2D eigenvalue weighted by molar-refractivity contribution is 5.70. The van der Waals surface area contributed by atoms with E-state index in [4.69, 9.17) is 4.74 Å². The van der Waals surface area contributed by atoms with Gasteiger partial charge in [0.25, 0.3) is 0 Å². The molecule has 4 heteroatoms. The summed E-state index contributed by atoms with van der Waals surface area (Å²) < 4.78 is 5.71. The van der Waals surface area contributed by atoms with Gasteiger partial charge in [0.1, 0.15) is 6.10 Å². The molecule has 1 aromatic carbocycles. The summed E-state index contributed by atoms with van der Waals surface area (Å²) in [6.45, 7) is 12.7. The lowest BCUT2D eigenvalue weighted by Crippen LogP contribution is -2.51. The summed E-state index contributed by atoms with van der Waals surface area (Å²) >= 11 is 0. The van der Waals surface area contributed by atoms with Crippen molar-refractivity contribution >= 4 is 12.0 Å². The van der Waals surface area contributed by atoms with E-state index in [1.807, 2.05) is 42.6 Å². The summed E-state index contributed by atoms with van der Waals surface area (Å²) in [6.07, 6.45) is 6.89. The van der Waals surface area contributed by atoms with Crippen molar-refractivity contribution < 1.29 is 9.53 Å². The van der Waals surface area contributed by atoms with Gasteiger partial charge in [-0.3, -0.25) is 9.78 Å². The number of ether oxygens (including phenoxy) is 1. The van der Waals surface area contributed by atoms with E-state index < -0.39 is 0 Å². The summed E-state index contributed by atoms with van der Waals surface area (Å²) in [5.74, 6) is 0.376. The fourth-order valence-electron chi connectivity index (χ4n) is 4.92. The number of hydrogen-bond donors (Lipinski definition) is 0. The van der Waals surface area contributed by atoms with Crippen LogP contribution in [0, 0.1) is 34.0 Å². The number of aromatic nitrogens is 1. The quantitative estimate of drug-likeness (QED) is 0.551. The lowest BCUT2D eigenvalue weighted by Gasteiger charge is -2.54. The molecule has 162 valence electrons. The minimum Gasteiger partial charge on any atom is -0.462 e. The van der Waals surface area contributed by atoms with E-state index >= 15 is 0 Å². The van der Waals surface area contributed by atoms with Crippen LogP contribution in [-0.2, 0) is 9.53 Å². The van der Waals surface area contributed by atoms with Gasteiger partial charge in [-0.1, -0.05) is 65.0 Å². The maximum Gasteiger partial charge on any atom is 0.302 e. The average molecular weight is 417 g/mol. The van der Waals surface area contributed by atoms with E-state index in [1.54, 1.807) is 0 Å². The standard InChI is InChI=1S/C27H32N2O2/c1-18-25(31-20(3)30)15-26(4,5)19(2)27(18,6)14-13-23-12-11-22(17-29-23)24-10-8-7-9-21(24)16-28/h7-14,17-19,25H,15H2,1-6H3/b14-13+/t18-,19-,25-,27-/m1/s1. The Hall–Kier alpha value is -2.93. The molecule has 0 unspecified atom stereocenters. The minimum absolute atomic E-state index is 0.0456. The van der Waals surface area contributed by atoms with Crippen LogP contribution >= 0.6 is 0 Å². The van der Waals surface area contributed by atoms with E-state index in [9.17, 15) is 10.1 Å². The first-order valence-corrected chi connectivity index (χ1v) is 10.9. The topological polar surface area (TPSA) is 63.0 Å². The predicted molar refractivity (Wildman–Crippen MR) is 124 cm³/mol. The molecule has 1 aliphatic carbocycles. The number of carbonyl (C=O) groups excluding carboxylic acids is 1. The third kappa shape index (κ3) is 4.56. The Morgan fingerprint density at radius 2 is 1.90 bits per heavy atom. The van der Waals surface area contributed by atoms with Crippen molar-refractivity contribution in [2.24, 2.45) is 22.7 Å². The molecular formula is C27H32N2O2. The molecule has 1 fully saturated rings. The van der Waals surface area contributed by atoms with Gasteiger partial charge in [-0.05, 0) is 41.4 Å². The SMILES string of the molecule is CC(=O)O[C@@H]1CC(C)(C)[C@@H](C)[C@](C)(/C=C/c2ccc(-c3ccccc3C#N)cn2)[C@@H]1C. The van der Waals surface area contributed by atoms with Crippen LogP contribution in [0.25, 0.3) is 17.2 Å². The second-order valence-electron chi connectivity index (χ2n) is 9.68. The molecule has 1 heterocycles. The van der Waals surface area contributed by atoms with Gasteiger partial charge in [-0.15, -0.1) is 0 Å². The third-order valence-corrected chi connectivity index (χ3v) is 7.45. The summed E-state index contributed by atoms with van der Waals surface area (Å²) in [5, 5.41) is 9.35. The molecule has 4 nitrogen and oxygen atoms in total. The highest BCUT2D eigenvalue weighted by atomic mass is 16.5. The summed E-state index contributed by atoms with van der Waals surface area (Å²) in [7, 11) is 0. The van der Waals surface area contributed by atoms with Crippen LogP contribution < -0.4 is 0 Å². The molecule has 2 aromatic rings. The smallest absolute Gasteiger partial charge is 0.302 e. The Morgan fingerprint density at radius 1 is 1.19 bits per heavy atom. The largest absolute Gasteiger partial charge is 0.462 e. The highest BCUT2D eigenvalue weighted by Crippen LogP contribution is 2.55. The maximum absolute atomic E-state index is 11.7. The van der Waals surface area contributed by atoms with Crippen LogP contribution in [0.2, 0.25) is 0 Å². The molecule has 0 saturated heterocycles. The van der Waals surface area contributed by atoms with E-state index in [-0.39, 0.29) is 28.8 Å². The monoisotopic (exact) mass is 416 g/mol. The van der Waals surface area contributed by atoms with E-state index in [2.05, 4.69) is 57.8 Å². The van der Waals surface area contributed by atoms with Crippen molar-refractivity contribution in [3.8, 4) is 17.2 Å². The third-order valence-electron chi connectivity index (χ3n) is 7.45. The summed E-state index contributed by atoms with van der Waals surface area (Å²) in [6, 6.07) is 13.8. The second kappa shape index (κ2) is 8.67. The van der Waals surface area contributed by atoms with Crippen molar-refractivity contribution in [3.05, 3.63) is 59.9 Å². The molecule has 0 amide bonds. The number of nitrogens with zero attached hydrogens (tertiary/aromatic N) is 2. The zero-order valence-electron chi connectivity index (χ0n) is 19.3. The number of allylic oxidation sites excluding steroid dienone is 1. The van der Waals surface area contributed by atoms with E-state index in [0.717, 1.165) is 23.2 Å². The van der Waals surface area contributed by atoms with Crippen LogP contribution in [-0.4, -0.2) is 17.1 Å². The first-order valence-electron chi connectivity index (χ1n) is 10.9. The Balaban J connectivity index is 1.88. The van der Waals surface area contributed by atoms with Gasteiger partial charge in [0, 0.05) is 30.2 Å². The molecular weight excluding hydrogens is 384 g/mol. The molecule has 31 heavy (non-hydrogen) atoms. The van der Waals surface area contributed by atoms with Gasteiger partial charge in [-0.2, -0.15) is 5.26 Å². The lowest BCUT2D eigenvalue weighted by molar-refractivity contribution is -0.163. The maximum atomic E-state index is 11.7. The molecule has 1 aliphatic rings. The van der Waals surface area contributed by atoms with Crippen molar-refractivity contribution in [2.45, 2.75) is 54.1 Å². The van der Waals surface area contributed by atoms with Crippen LogP contribution in [0.3, 0.4) is 0 Å². The Morgan fingerprint density at radius 3 is 2.52 bits per heavy atom. The number of carbonyl (C=O) groups is 1. The minimum atomic E-state index is -0.219. The van der Waals surface area contributed by atoms with Crippen LogP contribution in [0.15, 0.2) is 48.7 Å². The number of benzene rings is 1. The first kappa shape index (κ1) is 22.7. The van der Waals surface area contributed by atoms with Gasteiger partial charge in [0.2, 0.25) is 0 Å². The predicted octanol–water partition coefficient (Wildman–Crippen LogP) is 6.27. The van der Waals surface area contributed by atoms with Crippen molar-refractivity contribution in [1.82, 2.24) is 4.98 Å². The van der Waals surface area contributed by atoms with Gasteiger partial charge in [-0.25, -0.2) is 0 Å². The van der Waals surface area contributed by atoms with Crippen LogP contribution in [0.4, 0.5) is 0 Å². The number of esters is 1. The molecule has 0 bridgehead atoms. The second-order valence-corrected chi connectivity index (χ2v) is 9.68. The number of rotatable bonds is 4. The molecule has 4 atom stereocenters. The fraction of sp³-hybridized carbons (Fsp3) is 0.444. The number of pyridine rings is 1. The molecule has 0 aliphatic heterocycles. The van der Waals surface area contributed by atoms with Crippen LogP contribution in [0.5, 0.6) is 0 Å². The fourth-order valence-corrected chi connectivity index (χ4v) is 4.92. The van der Waals surface area contributed by atoms with E-state index in [1.165, 1.54) is 6.92 Å². The number of nitriles is 1. The van der Waals surface area contributed by atoms with Crippen molar-refractivity contribution in [2.75, 3.05) is 0 Å². The molecule has 3 rings (SSSR count). The number of hydrogen-bond acceptors (Lipinski definition) is 4. The molecule has 0 N–H and O–H groups in total. The van der Waals surface area contributed by atoms with E-state index in [0.29, 0.717) is 11.5 Å². The molecule has 1 saturated carbocycles. The molecule has 1 aromatic heterocycles. The Bertz CT molecular complexity index is 1020. The summed E-state index contributed by atoms with van der Waals surface area (Å²) in [4.78, 5) is 16.3. The molecule has 0 spiro atoms. The zero-order valence-corrected chi connectivity index (χ0v) is 19.3. The van der Waals surface area contributed by atoms with Crippen molar-refractivity contribution in [1.29, 1.82) is 5.26 Å². The summed E-state index contributed by atoms with van der Waals surface area (Å²) in [5.41, 5.74) is 3.23. The van der Waals surface area contributed by atoms with Crippen molar-refractivity contribution in [3.63, 3.8) is 0 Å². The lowest BCUT2D eigenvalue weighted by atomic mass is 9.52. The van der Waals surface area contributed by atoms with Gasteiger partial charge < -0.3 is 4.74 Å². The highest BCUT2D eigenvalue weighted by Gasteiger charge is 2.51. The van der Waals surface area contributed by atoms with Gasteiger partial charge in [0.05, 0.1) is 17.3 Å². The molecule has 0 radical (unpaired) electrons. The van der Waals surface area contributed by atoms with Gasteiger partial charge in [0.15, 0.2) is 0 Å². The Labute approximate surface area is 186 Å². The van der Waals surface area contributed by atoms with Crippen LogP contribution in [0.1, 0.15) is 59.2 Å².